The number of carbonyl (C=O) groups is 2. The molecule has 0 unspecified atom stereocenters. The maximum absolute atomic E-state index is 12.2. The van der Waals surface area contributed by atoms with Crippen LogP contribution in [0.25, 0.3) is 0 Å². The molecule has 5 heteroatoms. The minimum absolute atomic E-state index is 0.0616. The van der Waals surface area contributed by atoms with Crippen molar-refractivity contribution in [3.63, 3.8) is 0 Å². The normalized spacial score (nSPS) is 15.4. The fraction of sp³-hybridized carbons (Fsp3) is 0.263. The van der Waals surface area contributed by atoms with Crippen LogP contribution in [0.15, 0.2) is 47.4 Å². The fourth-order valence-electron chi connectivity index (χ4n) is 2.69. The number of benzene rings is 2. The predicted molar refractivity (Wildman–Crippen MR) is 93.2 cm³/mol. The van der Waals surface area contributed by atoms with Crippen molar-refractivity contribution in [2.75, 3.05) is 5.75 Å². The average Bonchev–Trinajstić information content (AvgIpc) is 2.55. The molecule has 1 N–H and O–H groups in total. The Morgan fingerprint density at radius 1 is 1.08 bits per heavy atom. The molecule has 0 bridgehead atoms. The van der Waals surface area contributed by atoms with Crippen LogP contribution >= 0.6 is 11.8 Å². The maximum Gasteiger partial charge on any atom is 0.343 e. The molecule has 1 aliphatic rings. The largest absolute Gasteiger partial charge is 0.478 e. The highest BCUT2D eigenvalue weighted by Gasteiger charge is 2.28. The molecule has 0 amide bonds. The number of ether oxygens (including phenoxy) is 1. The summed E-state index contributed by atoms with van der Waals surface area (Å²) in [6.07, 6.45) is 1.08. The molecule has 2 aromatic carbocycles. The van der Waals surface area contributed by atoms with Crippen LogP contribution in [0.2, 0.25) is 0 Å². The Kier molecular flexibility index (Phi) is 4.37. The minimum atomic E-state index is -1.02. The third kappa shape index (κ3) is 3.31. The van der Waals surface area contributed by atoms with Crippen LogP contribution in [0.3, 0.4) is 0 Å². The molecule has 0 saturated heterocycles. The number of esters is 1. The summed E-state index contributed by atoms with van der Waals surface area (Å²) in [4.78, 5) is 24.3. The van der Waals surface area contributed by atoms with Gasteiger partial charge in [0.1, 0.15) is 5.75 Å². The Morgan fingerprint density at radius 3 is 2.42 bits per heavy atom. The fourth-order valence-corrected chi connectivity index (χ4v) is 4.18. The van der Waals surface area contributed by atoms with E-state index >= 15 is 0 Å². The first-order valence-corrected chi connectivity index (χ1v) is 8.68. The molecule has 0 aliphatic carbocycles. The predicted octanol–water partition coefficient (Wildman–Crippen LogP) is 4.38. The molecule has 3 rings (SSSR count). The molecular formula is C19H18O4S. The van der Waals surface area contributed by atoms with Gasteiger partial charge in [-0.1, -0.05) is 13.8 Å². The summed E-state index contributed by atoms with van der Waals surface area (Å²) >= 11 is 1.82. The zero-order valence-corrected chi connectivity index (χ0v) is 14.4. The van der Waals surface area contributed by atoms with E-state index in [2.05, 4.69) is 13.8 Å². The molecule has 0 atom stereocenters. The van der Waals surface area contributed by atoms with E-state index in [0.29, 0.717) is 11.3 Å². The molecule has 2 aromatic rings. The number of carbonyl (C=O) groups excluding carboxylic acids is 1. The number of hydrogen-bond donors (Lipinski definition) is 1. The lowest BCUT2D eigenvalue weighted by Gasteiger charge is -2.32. The van der Waals surface area contributed by atoms with Crippen molar-refractivity contribution in [1.82, 2.24) is 0 Å². The number of carboxylic acids is 1. The summed E-state index contributed by atoms with van der Waals surface area (Å²) in [5.41, 5.74) is 1.72. The molecule has 0 saturated carbocycles. The standard InChI is InChI=1S/C19H18O4S/c1-19(2)9-10-24-16-8-7-14(11-15(16)19)23-18(22)13-5-3-12(4-6-13)17(20)21/h3-8,11H,9-10H2,1-2H3,(H,20,21). The van der Waals surface area contributed by atoms with Crippen LogP contribution in [0.4, 0.5) is 0 Å². The Bertz CT molecular complexity index is 794. The zero-order valence-electron chi connectivity index (χ0n) is 13.5. The number of aromatic carboxylic acids is 1. The van der Waals surface area contributed by atoms with E-state index in [9.17, 15) is 9.59 Å². The lowest BCUT2D eigenvalue weighted by atomic mass is 9.82. The second-order valence-electron chi connectivity index (χ2n) is 6.41. The molecule has 1 heterocycles. The van der Waals surface area contributed by atoms with Gasteiger partial charge in [0.2, 0.25) is 0 Å². The summed E-state index contributed by atoms with van der Waals surface area (Å²) in [6, 6.07) is 11.4. The van der Waals surface area contributed by atoms with E-state index in [1.807, 2.05) is 23.9 Å². The summed E-state index contributed by atoms with van der Waals surface area (Å²) in [6.45, 7) is 4.39. The van der Waals surface area contributed by atoms with Gasteiger partial charge in [-0.05, 0) is 65.6 Å². The lowest BCUT2D eigenvalue weighted by molar-refractivity contribution is 0.0691. The monoisotopic (exact) mass is 342 g/mol. The van der Waals surface area contributed by atoms with E-state index in [1.54, 1.807) is 6.07 Å². The molecular weight excluding hydrogens is 324 g/mol. The van der Waals surface area contributed by atoms with Crippen LogP contribution in [-0.2, 0) is 5.41 Å². The Morgan fingerprint density at radius 2 is 1.75 bits per heavy atom. The molecule has 0 fully saturated rings. The second-order valence-corrected chi connectivity index (χ2v) is 7.55. The Hall–Kier alpha value is -2.27. The first kappa shape index (κ1) is 16.6. The van der Waals surface area contributed by atoms with E-state index in [-0.39, 0.29) is 11.0 Å². The van der Waals surface area contributed by atoms with Gasteiger partial charge >= 0.3 is 11.9 Å². The quantitative estimate of drug-likeness (QED) is 0.662. The van der Waals surface area contributed by atoms with Gasteiger partial charge < -0.3 is 9.84 Å². The number of fused-ring (bicyclic) bond motifs is 1. The average molecular weight is 342 g/mol. The van der Waals surface area contributed by atoms with Crippen LogP contribution in [0.5, 0.6) is 5.75 Å². The van der Waals surface area contributed by atoms with Crippen molar-refractivity contribution in [1.29, 1.82) is 0 Å². The minimum Gasteiger partial charge on any atom is -0.478 e. The van der Waals surface area contributed by atoms with Crippen molar-refractivity contribution in [3.8, 4) is 5.75 Å². The van der Waals surface area contributed by atoms with Gasteiger partial charge in [-0.25, -0.2) is 9.59 Å². The molecule has 1 aliphatic heterocycles. The number of hydrogen-bond acceptors (Lipinski definition) is 4. The second kappa shape index (κ2) is 6.32. The number of thioether (sulfide) groups is 1. The molecule has 24 heavy (non-hydrogen) atoms. The van der Waals surface area contributed by atoms with E-state index in [1.165, 1.54) is 34.7 Å². The Balaban J connectivity index is 1.81. The first-order chi connectivity index (χ1) is 11.4. The van der Waals surface area contributed by atoms with E-state index in [4.69, 9.17) is 9.84 Å². The molecule has 4 nitrogen and oxygen atoms in total. The molecule has 0 aromatic heterocycles. The lowest BCUT2D eigenvalue weighted by Crippen LogP contribution is -2.22. The summed E-state index contributed by atoms with van der Waals surface area (Å²) in [5, 5.41) is 8.89. The van der Waals surface area contributed by atoms with Crippen molar-refractivity contribution in [2.45, 2.75) is 30.6 Å². The van der Waals surface area contributed by atoms with Crippen molar-refractivity contribution >= 4 is 23.7 Å². The molecule has 0 radical (unpaired) electrons. The smallest absolute Gasteiger partial charge is 0.343 e. The number of carboxylic acid groups (broad SMARTS) is 1. The molecule has 124 valence electrons. The van der Waals surface area contributed by atoms with Crippen molar-refractivity contribution in [2.24, 2.45) is 0 Å². The topological polar surface area (TPSA) is 63.6 Å². The van der Waals surface area contributed by atoms with Crippen molar-refractivity contribution < 1.29 is 19.4 Å². The van der Waals surface area contributed by atoms with Gasteiger partial charge in [0, 0.05) is 4.90 Å². The highest BCUT2D eigenvalue weighted by Crippen LogP contribution is 2.42. The van der Waals surface area contributed by atoms with Gasteiger partial charge in [-0.3, -0.25) is 0 Å². The van der Waals surface area contributed by atoms with Gasteiger partial charge in [-0.15, -0.1) is 11.8 Å². The van der Waals surface area contributed by atoms with Gasteiger partial charge in [0.25, 0.3) is 0 Å². The molecule has 0 spiro atoms. The third-order valence-corrected chi connectivity index (χ3v) is 5.32. The van der Waals surface area contributed by atoms with Crippen LogP contribution in [-0.4, -0.2) is 22.8 Å². The highest BCUT2D eigenvalue weighted by molar-refractivity contribution is 7.99. The van der Waals surface area contributed by atoms with Gasteiger partial charge in [0.15, 0.2) is 0 Å². The van der Waals surface area contributed by atoms with E-state index in [0.717, 1.165) is 12.2 Å². The summed E-state index contributed by atoms with van der Waals surface area (Å²) in [5.74, 6) is 0.0869. The maximum atomic E-state index is 12.2. The van der Waals surface area contributed by atoms with Gasteiger partial charge in [-0.2, -0.15) is 0 Å². The number of rotatable bonds is 3. The Labute approximate surface area is 144 Å². The first-order valence-electron chi connectivity index (χ1n) is 7.70. The third-order valence-electron chi connectivity index (χ3n) is 4.24. The van der Waals surface area contributed by atoms with Crippen molar-refractivity contribution in [3.05, 3.63) is 59.2 Å². The SMILES string of the molecule is CC1(C)CCSc2ccc(OC(=O)c3ccc(C(=O)O)cc3)cc21. The van der Waals surface area contributed by atoms with Crippen LogP contribution in [0, 0.1) is 0 Å². The van der Waals surface area contributed by atoms with Gasteiger partial charge in [0.05, 0.1) is 11.1 Å². The van der Waals surface area contributed by atoms with Crippen LogP contribution in [0.1, 0.15) is 46.5 Å². The zero-order chi connectivity index (χ0) is 17.3. The highest BCUT2D eigenvalue weighted by atomic mass is 32.2. The summed E-state index contributed by atoms with van der Waals surface area (Å²) in [7, 11) is 0. The van der Waals surface area contributed by atoms with E-state index < -0.39 is 11.9 Å². The van der Waals surface area contributed by atoms with Crippen LogP contribution < -0.4 is 4.74 Å². The summed E-state index contributed by atoms with van der Waals surface area (Å²) < 4.78 is 5.46.